The molecule has 5 heteroatoms. The Bertz CT molecular complexity index is 510. The van der Waals surface area contributed by atoms with Gasteiger partial charge in [0.1, 0.15) is 5.75 Å². The van der Waals surface area contributed by atoms with Crippen LogP contribution in [0.5, 0.6) is 5.75 Å². The monoisotopic (exact) mass is 278 g/mol. The smallest absolute Gasteiger partial charge is 0.183 e. The minimum atomic E-state index is 0.250. The van der Waals surface area contributed by atoms with E-state index in [1.807, 2.05) is 29.6 Å². The molecule has 0 aliphatic carbocycles. The molecule has 1 aromatic carbocycles. The molecule has 1 heterocycles. The van der Waals surface area contributed by atoms with E-state index >= 15 is 0 Å². The van der Waals surface area contributed by atoms with Crippen molar-refractivity contribution < 1.29 is 9.47 Å². The Kier molecular flexibility index (Phi) is 4.76. The number of methoxy groups -OCH3 is 2. The van der Waals surface area contributed by atoms with Crippen LogP contribution < -0.4 is 10.1 Å². The van der Waals surface area contributed by atoms with Gasteiger partial charge in [0.2, 0.25) is 0 Å². The van der Waals surface area contributed by atoms with Crippen LogP contribution >= 0.6 is 11.3 Å². The van der Waals surface area contributed by atoms with Crippen molar-refractivity contribution >= 4 is 16.5 Å². The summed E-state index contributed by atoms with van der Waals surface area (Å²) in [6.45, 7) is 2.73. The van der Waals surface area contributed by atoms with Gasteiger partial charge in [-0.2, -0.15) is 0 Å². The summed E-state index contributed by atoms with van der Waals surface area (Å²) in [5, 5.41) is 6.27. The molecule has 0 fully saturated rings. The number of aromatic nitrogens is 1. The maximum absolute atomic E-state index is 5.15. The van der Waals surface area contributed by atoms with E-state index < -0.39 is 0 Å². The minimum absolute atomic E-state index is 0.250. The van der Waals surface area contributed by atoms with Crippen molar-refractivity contribution in [3.63, 3.8) is 0 Å². The lowest BCUT2D eigenvalue weighted by Crippen LogP contribution is -2.20. The number of ether oxygens (including phenoxy) is 2. The van der Waals surface area contributed by atoms with Crippen molar-refractivity contribution in [1.82, 2.24) is 4.98 Å². The molecule has 0 unspecified atom stereocenters. The quantitative estimate of drug-likeness (QED) is 0.880. The van der Waals surface area contributed by atoms with Crippen LogP contribution in [0.3, 0.4) is 0 Å². The first kappa shape index (κ1) is 13.8. The van der Waals surface area contributed by atoms with Crippen LogP contribution in [0.25, 0.3) is 11.3 Å². The van der Waals surface area contributed by atoms with E-state index in [0.29, 0.717) is 6.61 Å². The number of rotatable bonds is 6. The van der Waals surface area contributed by atoms with Gasteiger partial charge in [-0.15, -0.1) is 11.3 Å². The Morgan fingerprint density at radius 1 is 1.26 bits per heavy atom. The molecule has 1 atom stereocenters. The maximum atomic E-state index is 5.15. The fourth-order valence-corrected chi connectivity index (χ4v) is 2.57. The molecule has 102 valence electrons. The van der Waals surface area contributed by atoms with Gasteiger partial charge in [-0.1, -0.05) is 0 Å². The lowest BCUT2D eigenvalue weighted by Gasteiger charge is -2.10. The fourth-order valence-electron chi connectivity index (χ4n) is 1.74. The molecule has 1 aromatic heterocycles. The van der Waals surface area contributed by atoms with Crippen molar-refractivity contribution in [2.75, 3.05) is 26.1 Å². The summed E-state index contributed by atoms with van der Waals surface area (Å²) < 4.78 is 10.2. The third-order valence-corrected chi connectivity index (χ3v) is 3.45. The van der Waals surface area contributed by atoms with Crippen LogP contribution in [-0.2, 0) is 4.74 Å². The molecule has 0 bridgehead atoms. The number of anilines is 1. The van der Waals surface area contributed by atoms with Crippen molar-refractivity contribution in [2.45, 2.75) is 13.0 Å². The molecule has 19 heavy (non-hydrogen) atoms. The zero-order chi connectivity index (χ0) is 13.7. The first-order valence-electron chi connectivity index (χ1n) is 6.08. The predicted molar refractivity (Wildman–Crippen MR) is 79.1 cm³/mol. The van der Waals surface area contributed by atoms with Crippen LogP contribution in [-0.4, -0.2) is 31.9 Å². The third kappa shape index (κ3) is 3.68. The number of nitrogens with one attached hydrogen (secondary N) is 1. The Morgan fingerprint density at radius 3 is 2.63 bits per heavy atom. The summed E-state index contributed by atoms with van der Waals surface area (Å²) in [4.78, 5) is 4.57. The van der Waals surface area contributed by atoms with Crippen LogP contribution in [0, 0.1) is 0 Å². The molecule has 0 aliphatic rings. The number of thiazole rings is 1. The topological polar surface area (TPSA) is 43.4 Å². The van der Waals surface area contributed by atoms with Gasteiger partial charge in [0, 0.05) is 24.1 Å². The van der Waals surface area contributed by atoms with Crippen LogP contribution in [0.4, 0.5) is 5.13 Å². The third-order valence-electron chi connectivity index (χ3n) is 2.68. The van der Waals surface area contributed by atoms with Gasteiger partial charge in [0.15, 0.2) is 5.13 Å². The van der Waals surface area contributed by atoms with E-state index in [-0.39, 0.29) is 6.04 Å². The zero-order valence-corrected chi connectivity index (χ0v) is 12.2. The molecule has 0 saturated heterocycles. The van der Waals surface area contributed by atoms with E-state index in [1.54, 1.807) is 25.6 Å². The summed E-state index contributed by atoms with van der Waals surface area (Å²) >= 11 is 1.60. The average Bonchev–Trinajstić information content (AvgIpc) is 2.87. The second-order valence-electron chi connectivity index (χ2n) is 4.27. The van der Waals surface area contributed by atoms with Gasteiger partial charge >= 0.3 is 0 Å². The Hall–Kier alpha value is -1.59. The highest BCUT2D eigenvalue weighted by Crippen LogP contribution is 2.26. The van der Waals surface area contributed by atoms with E-state index in [2.05, 4.69) is 17.2 Å². The van der Waals surface area contributed by atoms with E-state index in [9.17, 15) is 0 Å². The van der Waals surface area contributed by atoms with Crippen molar-refractivity contribution in [3.05, 3.63) is 29.6 Å². The zero-order valence-electron chi connectivity index (χ0n) is 11.3. The van der Waals surface area contributed by atoms with Crippen molar-refractivity contribution in [1.29, 1.82) is 0 Å². The summed E-state index contributed by atoms with van der Waals surface area (Å²) in [5.41, 5.74) is 2.06. The molecule has 0 aliphatic heterocycles. The van der Waals surface area contributed by atoms with Gasteiger partial charge in [0.25, 0.3) is 0 Å². The summed E-state index contributed by atoms with van der Waals surface area (Å²) in [7, 11) is 3.36. The highest BCUT2D eigenvalue weighted by atomic mass is 32.1. The molecule has 0 radical (unpaired) electrons. The van der Waals surface area contributed by atoms with E-state index in [0.717, 1.165) is 22.1 Å². The summed E-state index contributed by atoms with van der Waals surface area (Å²) in [6, 6.07) is 8.15. The molecule has 1 N–H and O–H groups in total. The van der Waals surface area contributed by atoms with Gasteiger partial charge < -0.3 is 14.8 Å². The minimum Gasteiger partial charge on any atom is -0.497 e. The van der Waals surface area contributed by atoms with Gasteiger partial charge in [-0.3, -0.25) is 0 Å². The van der Waals surface area contributed by atoms with Crippen LogP contribution in [0.1, 0.15) is 6.92 Å². The Balaban J connectivity index is 2.07. The number of nitrogens with zero attached hydrogens (tertiary/aromatic N) is 1. The molecule has 0 amide bonds. The lowest BCUT2D eigenvalue weighted by atomic mass is 10.2. The SMILES string of the molecule is COC[C@@H](C)Nc1nc(-c2ccc(OC)cc2)cs1. The average molecular weight is 278 g/mol. The summed E-state index contributed by atoms with van der Waals surface area (Å²) in [5.74, 6) is 0.853. The standard InChI is InChI=1S/C14H18N2O2S/c1-10(8-17-2)15-14-16-13(9-19-14)11-4-6-12(18-3)7-5-11/h4-7,9-10H,8H2,1-3H3,(H,15,16)/t10-/m1/s1. The number of hydrogen-bond donors (Lipinski definition) is 1. The first-order valence-corrected chi connectivity index (χ1v) is 6.96. The normalized spacial score (nSPS) is 12.2. The van der Waals surface area contributed by atoms with Gasteiger partial charge in [-0.25, -0.2) is 4.98 Å². The van der Waals surface area contributed by atoms with E-state index in [1.165, 1.54) is 0 Å². The largest absolute Gasteiger partial charge is 0.497 e. The van der Waals surface area contributed by atoms with Crippen LogP contribution in [0.15, 0.2) is 29.6 Å². The molecule has 0 spiro atoms. The lowest BCUT2D eigenvalue weighted by molar-refractivity contribution is 0.190. The maximum Gasteiger partial charge on any atom is 0.183 e. The highest BCUT2D eigenvalue weighted by Gasteiger charge is 2.07. The van der Waals surface area contributed by atoms with Crippen LogP contribution in [0.2, 0.25) is 0 Å². The first-order chi connectivity index (χ1) is 9.22. The molecular weight excluding hydrogens is 260 g/mol. The van der Waals surface area contributed by atoms with Gasteiger partial charge in [-0.05, 0) is 31.2 Å². The fraction of sp³-hybridized carbons (Fsp3) is 0.357. The molecule has 2 rings (SSSR count). The van der Waals surface area contributed by atoms with Crippen molar-refractivity contribution in [3.8, 4) is 17.0 Å². The number of hydrogen-bond acceptors (Lipinski definition) is 5. The number of benzene rings is 1. The highest BCUT2D eigenvalue weighted by molar-refractivity contribution is 7.14. The van der Waals surface area contributed by atoms with Gasteiger partial charge in [0.05, 0.1) is 19.4 Å². The molecule has 2 aromatic rings. The predicted octanol–water partition coefficient (Wildman–Crippen LogP) is 3.27. The molecular formula is C14H18N2O2S. The van der Waals surface area contributed by atoms with Crippen molar-refractivity contribution in [2.24, 2.45) is 0 Å². The summed E-state index contributed by atoms with van der Waals surface area (Å²) in [6.07, 6.45) is 0. The Morgan fingerprint density at radius 2 is 2.00 bits per heavy atom. The molecule has 4 nitrogen and oxygen atoms in total. The molecule has 0 saturated carbocycles. The Labute approximate surface area is 117 Å². The second-order valence-corrected chi connectivity index (χ2v) is 5.13. The second kappa shape index (κ2) is 6.54. The van der Waals surface area contributed by atoms with E-state index in [4.69, 9.17) is 9.47 Å².